The van der Waals surface area contributed by atoms with Crippen LogP contribution in [-0.4, -0.2) is 12.6 Å². The average molecular weight is 294 g/mol. The van der Waals surface area contributed by atoms with Gasteiger partial charge in [0.15, 0.2) is 0 Å². The summed E-state index contributed by atoms with van der Waals surface area (Å²) in [6, 6.07) is 16.3. The second-order valence-electron chi connectivity index (χ2n) is 5.43. The first-order valence-corrected chi connectivity index (χ1v) is 7.61. The molecule has 2 rings (SSSR count). The molecule has 0 amide bonds. The molecule has 114 valence electrons. The van der Waals surface area contributed by atoms with Crippen LogP contribution in [0.25, 0.3) is 6.08 Å². The average Bonchev–Trinajstić information content (AvgIpc) is 2.54. The Bertz CT molecular complexity index is 642. The standard InChI is InChI=1S/C20H22O2/c1-16-10-11-19(15-17(16)2)12-13-20(21)22-14-6-9-18-7-4-3-5-8-18/h3-5,7-8,10-13,15H,6,9,14H2,1-2H3. The van der Waals surface area contributed by atoms with E-state index in [0.29, 0.717) is 6.61 Å². The summed E-state index contributed by atoms with van der Waals surface area (Å²) in [6.45, 7) is 4.59. The predicted octanol–water partition coefficient (Wildman–Crippen LogP) is 4.49. The Hall–Kier alpha value is -2.35. The van der Waals surface area contributed by atoms with Gasteiger partial charge in [-0.15, -0.1) is 0 Å². The highest BCUT2D eigenvalue weighted by Gasteiger charge is 1.99. The lowest BCUT2D eigenvalue weighted by Gasteiger charge is -2.03. The molecule has 0 saturated carbocycles. The van der Waals surface area contributed by atoms with Gasteiger partial charge in [0.25, 0.3) is 0 Å². The molecule has 0 N–H and O–H groups in total. The lowest BCUT2D eigenvalue weighted by atomic mass is 10.1. The molecule has 0 atom stereocenters. The second-order valence-corrected chi connectivity index (χ2v) is 5.43. The van der Waals surface area contributed by atoms with E-state index in [9.17, 15) is 4.79 Å². The number of hydrogen-bond acceptors (Lipinski definition) is 2. The molecule has 0 aromatic heterocycles. The van der Waals surface area contributed by atoms with Gasteiger partial charge in [-0.1, -0.05) is 48.5 Å². The van der Waals surface area contributed by atoms with Gasteiger partial charge in [-0.3, -0.25) is 0 Å². The number of aryl methyl sites for hydroxylation is 3. The van der Waals surface area contributed by atoms with Crippen LogP contribution in [0.1, 0.15) is 28.7 Å². The van der Waals surface area contributed by atoms with Crippen molar-refractivity contribution in [3.8, 4) is 0 Å². The smallest absolute Gasteiger partial charge is 0.330 e. The summed E-state index contributed by atoms with van der Waals surface area (Å²) in [5, 5.41) is 0. The van der Waals surface area contributed by atoms with E-state index >= 15 is 0 Å². The highest BCUT2D eigenvalue weighted by Crippen LogP contribution is 2.11. The van der Waals surface area contributed by atoms with Crippen molar-refractivity contribution in [2.75, 3.05) is 6.61 Å². The first-order chi connectivity index (χ1) is 10.6. The molecule has 2 nitrogen and oxygen atoms in total. The molecule has 22 heavy (non-hydrogen) atoms. The molecule has 0 radical (unpaired) electrons. The second kappa shape index (κ2) is 8.18. The topological polar surface area (TPSA) is 26.3 Å². The Morgan fingerprint density at radius 1 is 1.05 bits per heavy atom. The molecule has 0 aliphatic heterocycles. The summed E-state index contributed by atoms with van der Waals surface area (Å²) < 4.78 is 5.21. The third-order valence-electron chi connectivity index (χ3n) is 3.64. The largest absolute Gasteiger partial charge is 0.463 e. The van der Waals surface area contributed by atoms with Crippen molar-refractivity contribution in [3.05, 3.63) is 76.9 Å². The SMILES string of the molecule is Cc1ccc(C=CC(=O)OCCCc2ccccc2)cc1C. The van der Waals surface area contributed by atoms with Crippen LogP contribution in [0, 0.1) is 13.8 Å². The molecule has 0 aliphatic rings. The van der Waals surface area contributed by atoms with E-state index in [0.717, 1.165) is 18.4 Å². The zero-order valence-electron chi connectivity index (χ0n) is 13.2. The van der Waals surface area contributed by atoms with Crippen molar-refractivity contribution in [2.24, 2.45) is 0 Å². The summed E-state index contributed by atoms with van der Waals surface area (Å²) in [4.78, 5) is 11.7. The number of esters is 1. The number of hydrogen-bond donors (Lipinski definition) is 0. The fraction of sp³-hybridized carbons (Fsp3) is 0.250. The van der Waals surface area contributed by atoms with E-state index in [1.165, 1.54) is 22.8 Å². The minimum Gasteiger partial charge on any atom is -0.463 e. The zero-order chi connectivity index (χ0) is 15.8. The minimum atomic E-state index is -0.286. The van der Waals surface area contributed by atoms with Crippen LogP contribution in [-0.2, 0) is 16.0 Å². The first kappa shape index (κ1) is 16.0. The summed E-state index contributed by atoms with van der Waals surface area (Å²) in [7, 11) is 0. The molecule has 0 bridgehead atoms. The van der Waals surface area contributed by atoms with Gasteiger partial charge in [0.2, 0.25) is 0 Å². The van der Waals surface area contributed by atoms with Crippen LogP contribution in [0.5, 0.6) is 0 Å². The molecule has 0 aliphatic carbocycles. The fourth-order valence-electron chi connectivity index (χ4n) is 2.17. The molecule has 2 aromatic carbocycles. The summed E-state index contributed by atoms with van der Waals surface area (Å²) >= 11 is 0. The Kier molecular flexibility index (Phi) is 5.96. The van der Waals surface area contributed by atoms with Gasteiger partial charge in [0.05, 0.1) is 6.61 Å². The molecule has 0 saturated heterocycles. The van der Waals surface area contributed by atoms with Gasteiger partial charge in [0, 0.05) is 6.08 Å². The molecule has 0 heterocycles. The summed E-state index contributed by atoms with van der Waals surface area (Å²) in [5.74, 6) is -0.286. The molecular weight excluding hydrogens is 272 g/mol. The van der Waals surface area contributed by atoms with Crippen molar-refractivity contribution in [2.45, 2.75) is 26.7 Å². The van der Waals surface area contributed by atoms with Gasteiger partial charge in [-0.05, 0) is 55.0 Å². The van der Waals surface area contributed by atoms with Crippen molar-refractivity contribution in [1.82, 2.24) is 0 Å². The van der Waals surface area contributed by atoms with E-state index in [4.69, 9.17) is 4.74 Å². The number of carbonyl (C=O) groups is 1. The monoisotopic (exact) mass is 294 g/mol. The predicted molar refractivity (Wildman–Crippen MR) is 90.7 cm³/mol. The Morgan fingerprint density at radius 2 is 1.82 bits per heavy atom. The van der Waals surface area contributed by atoms with Crippen LogP contribution in [0.3, 0.4) is 0 Å². The highest BCUT2D eigenvalue weighted by atomic mass is 16.5. The number of ether oxygens (including phenoxy) is 1. The summed E-state index contributed by atoms with van der Waals surface area (Å²) in [6.07, 6.45) is 5.06. The third-order valence-corrected chi connectivity index (χ3v) is 3.64. The Morgan fingerprint density at radius 3 is 2.55 bits per heavy atom. The highest BCUT2D eigenvalue weighted by molar-refractivity contribution is 5.87. The lowest BCUT2D eigenvalue weighted by molar-refractivity contribution is -0.137. The molecule has 2 heteroatoms. The van der Waals surface area contributed by atoms with Crippen molar-refractivity contribution >= 4 is 12.0 Å². The Balaban J connectivity index is 1.73. The number of benzene rings is 2. The normalized spacial score (nSPS) is 10.8. The van der Waals surface area contributed by atoms with E-state index in [1.54, 1.807) is 6.08 Å². The quantitative estimate of drug-likeness (QED) is 0.445. The lowest BCUT2D eigenvalue weighted by Crippen LogP contribution is -2.03. The van der Waals surface area contributed by atoms with Crippen LogP contribution >= 0.6 is 0 Å². The van der Waals surface area contributed by atoms with Gasteiger partial charge >= 0.3 is 5.97 Å². The van der Waals surface area contributed by atoms with E-state index in [-0.39, 0.29) is 5.97 Å². The third kappa shape index (κ3) is 5.21. The van der Waals surface area contributed by atoms with Crippen molar-refractivity contribution in [3.63, 3.8) is 0 Å². The first-order valence-electron chi connectivity index (χ1n) is 7.61. The molecular formula is C20H22O2. The number of carbonyl (C=O) groups excluding carboxylic acids is 1. The summed E-state index contributed by atoms with van der Waals surface area (Å²) in [5.41, 5.74) is 4.76. The maximum atomic E-state index is 11.7. The van der Waals surface area contributed by atoms with Gasteiger partial charge in [0.1, 0.15) is 0 Å². The zero-order valence-corrected chi connectivity index (χ0v) is 13.2. The van der Waals surface area contributed by atoms with E-state index < -0.39 is 0 Å². The Labute approximate surface area is 132 Å². The van der Waals surface area contributed by atoms with Crippen molar-refractivity contribution in [1.29, 1.82) is 0 Å². The molecule has 0 spiro atoms. The van der Waals surface area contributed by atoms with E-state index in [1.807, 2.05) is 24.3 Å². The van der Waals surface area contributed by atoms with Gasteiger partial charge in [-0.25, -0.2) is 4.79 Å². The van der Waals surface area contributed by atoms with Crippen LogP contribution in [0.4, 0.5) is 0 Å². The van der Waals surface area contributed by atoms with Gasteiger partial charge in [-0.2, -0.15) is 0 Å². The maximum absolute atomic E-state index is 11.7. The molecule has 0 fully saturated rings. The minimum absolute atomic E-state index is 0.286. The van der Waals surface area contributed by atoms with Gasteiger partial charge < -0.3 is 4.74 Å². The molecule has 2 aromatic rings. The van der Waals surface area contributed by atoms with Crippen molar-refractivity contribution < 1.29 is 9.53 Å². The van der Waals surface area contributed by atoms with Crippen LogP contribution in [0.2, 0.25) is 0 Å². The molecule has 0 unspecified atom stereocenters. The van der Waals surface area contributed by atoms with Crippen LogP contribution < -0.4 is 0 Å². The fourth-order valence-corrected chi connectivity index (χ4v) is 2.17. The number of rotatable bonds is 6. The van der Waals surface area contributed by atoms with Crippen LogP contribution in [0.15, 0.2) is 54.6 Å². The maximum Gasteiger partial charge on any atom is 0.330 e. The van der Waals surface area contributed by atoms with E-state index in [2.05, 4.69) is 38.1 Å².